The van der Waals surface area contributed by atoms with Crippen LogP contribution in [0.15, 0.2) is 24.4 Å². The minimum atomic E-state index is -0.852. The van der Waals surface area contributed by atoms with Crippen LogP contribution < -0.4 is 0 Å². The summed E-state index contributed by atoms with van der Waals surface area (Å²) in [5.74, 6) is -0.672. The van der Waals surface area contributed by atoms with Gasteiger partial charge in [0, 0.05) is 23.5 Å². The molecule has 1 heterocycles. The summed E-state index contributed by atoms with van der Waals surface area (Å²) in [6, 6.07) is 4.45. The highest BCUT2D eigenvalue weighted by Crippen LogP contribution is 2.24. The lowest BCUT2D eigenvalue weighted by atomic mass is 10.0. The van der Waals surface area contributed by atoms with Crippen molar-refractivity contribution in [3.63, 3.8) is 0 Å². The third kappa shape index (κ3) is 2.31. The second-order valence-corrected chi connectivity index (χ2v) is 4.57. The molecule has 0 aliphatic carbocycles. The van der Waals surface area contributed by atoms with Gasteiger partial charge in [0.25, 0.3) is 0 Å². The Morgan fingerprint density at radius 3 is 2.78 bits per heavy atom. The molecule has 96 valence electrons. The van der Waals surface area contributed by atoms with Gasteiger partial charge in [-0.2, -0.15) is 0 Å². The van der Waals surface area contributed by atoms with E-state index in [9.17, 15) is 9.90 Å². The molecule has 0 amide bonds. The number of rotatable bonds is 4. The van der Waals surface area contributed by atoms with E-state index in [1.165, 1.54) is 0 Å². The molecule has 2 rings (SSSR count). The number of fused-ring (bicyclic) bond motifs is 1. The number of aliphatic carboxylic acids is 1. The van der Waals surface area contributed by atoms with E-state index in [1.807, 2.05) is 0 Å². The molecule has 1 aromatic heterocycles. The topological polar surface area (TPSA) is 76.6 Å². The number of phenols is 1. The van der Waals surface area contributed by atoms with E-state index < -0.39 is 12.0 Å². The fourth-order valence-electron chi connectivity index (χ4n) is 2.03. The number of H-pyrrole nitrogens is 1. The van der Waals surface area contributed by atoms with Gasteiger partial charge in [0.05, 0.1) is 0 Å². The lowest BCUT2D eigenvalue weighted by Crippen LogP contribution is -2.37. The lowest BCUT2D eigenvalue weighted by molar-refractivity contribution is -0.142. The van der Waals surface area contributed by atoms with Crippen molar-refractivity contribution in [2.75, 3.05) is 14.1 Å². The van der Waals surface area contributed by atoms with Gasteiger partial charge in [-0.3, -0.25) is 9.69 Å². The number of carboxylic acids is 1. The SMILES string of the molecule is CN(C)C(Cc1c[nH]c2ccc(O)cc12)C(=O)O. The zero-order valence-electron chi connectivity index (χ0n) is 10.3. The molecule has 0 fully saturated rings. The number of aromatic nitrogens is 1. The molecule has 1 unspecified atom stereocenters. The average molecular weight is 248 g/mol. The number of nitrogens with one attached hydrogen (secondary N) is 1. The first-order chi connectivity index (χ1) is 8.49. The molecule has 18 heavy (non-hydrogen) atoms. The van der Waals surface area contributed by atoms with Crippen LogP contribution in [0.1, 0.15) is 5.56 Å². The van der Waals surface area contributed by atoms with Crippen molar-refractivity contribution in [1.82, 2.24) is 9.88 Å². The first-order valence-corrected chi connectivity index (χ1v) is 5.67. The van der Waals surface area contributed by atoms with Crippen LogP contribution in [0.5, 0.6) is 5.75 Å². The van der Waals surface area contributed by atoms with E-state index in [2.05, 4.69) is 4.98 Å². The van der Waals surface area contributed by atoms with E-state index in [4.69, 9.17) is 5.11 Å². The maximum atomic E-state index is 11.2. The van der Waals surface area contributed by atoms with Gasteiger partial charge >= 0.3 is 5.97 Å². The summed E-state index contributed by atoms with van der Waals surface area (Å²) in [7, 11) is 3.48. The average Bonchev–Trinajstić information content (AvgIpc) is 2.67. The number of likely N-dealkylation sites (N-methyl/N-ethyl adjacent to an activating group) is 1. The minimum Gasteiger partial charge on any atom is -0.508 e. The first-order valence-electron chi connectivity index (χ1n) is 5.67. The molecule has 2 aromatic rings. The van der Waals surface area contributed by atoms with Crippen LogP contribution in [0.2, 0.25) is 0 Å². The van der Waals surface area contributed by atoms with Crippen molar-refractivity contribution >= 4 is 16.9 Å². The molecule has 5 heteroatoms. The van der Waals surface area contributed by atoms with Crippen molar-refractivity contribution < 1.29 is 15.0 Å². The number of aromatic hydroxyl groups is 1. The van der Waals surface area contributed by atoms with Crippen molar-refractivity contribution in [2.24, 2.45) is 0 Å². The molecule has 0 aliphatic heterocycles. The Labute approximate surface area is 105 Å². The van der Waals surface area contributed by atoms with E-state index in [0.29, 0.717) is 6.42 Å². The quantitative estimate of drug-likeness (QED) is 0.765. The second-order valence-electron chi connectivity index (χ2n) is 4.57. The number of phenolic OH excluding ortho intramolecular Hbond substituents is 1. The standard InChI is InChI=1S/C13H16N2O3/c1-15(2)12(13(17)18)5-8-7-14-11-4-3-9(16)6-10(8)11/h3-4,6-7,12,14,16H,5H2,1-2H3,(H,17,18). The van der Waals surface area contributed by atoms with Gasteiger partial charge in [0.15, 0.2) is 0 Å². The Kier molecular flexibility index (Phi) is 3.25. The number of benzene rings is 1. The van der Waals surface area contributed by atoms with Crippen LogP contribution in [0, 0.1) is 0 Å². The highest BCUT2D eigenvalue weighted by Gasteiger charge is 2.21. The number of hydrogen-bond donors (Lipinski definition) is 3. The molecular weight excluding hydrogens is 232 g/mol. The molecule has 0 saturated heterocycles. The summed E-state index contributed by atoms with van der Waals surface area (Å²) in [6.07, 6.45) is 2.19. The second kappa shape index (κ2) is 4.70. The molecule has 0 aliphatic rings. The van der Waals surface area contributed by atoms with Gasteiger partial charge in [-0.05, 0) is 37.9 Å². The van der Waals surface area contributed by atoms with E-state index in [-0.39, 0.29) is 5.75 Å². The lowest BCUT2D eigenvalue weighted by Gasteiger charge is -2.19. The number of hydrogen-bond acceptors (Lipinski definition) is 3. The maximum Gasteiger partial charge on any atom is 0.321 e. The van der Waals surface area contributed by atoms with Crippen molar-refractivity contribution in [3.8, 4) is 5.75 Å². The van der Waals surface area contributed by atoms with E-state index in [0.717, 1.165) is 16.5 Å². The molecule has 0 spiro atoms. The molecule has 0 bridgehead atoms. The summed E-state index contributed by atoms with van der Waals surface area (Å²) in [6.45, 7) is 0. The van der Waals surface area contributed by atoms with Crippen molar-refractivity contribution in [3.05, 3.63) is 30.0 Å². The van der Waals surface area contributed by atoms with E-state index >= 15 is 0 Å². The Balaban J connectivity index is 2.36. The molecule has 3 N–H and O–H groups in total. The van der Waals surface area contributed by atoms with Crippen LogP contribution in [0.3, 0.4) is 0 Å². The van der Waals surface area contributed by atoms with Gasteiger partial charge in [0.2, 0.25) is 0 Å². The van der Waals surface area contributed by atoms with Gasteiger partial charge < -0.3 is 15.2 Å². The van der Waals surface area contributed by atoms with Crippen LogP contribution in [-0.4, -0.2) is 46.2 Å². The number of carbonyl (C=O) groups is 1. The Morgan fingerprint density at radius 1 is 1.44 bits per heavy atom. The highest BCUT2D eigenvalue weighted by atomic mass is 16.4. The number of nitrogens with zero attached hydrogens (tertiary/aromatic N) is 1. The monoisotopic (exact) mass is 248 g/mol. The molecule has 5 nitrogen and oxygen atoms in total. The Morgan fingerprint density at radius 2 is 2.17 bits per heavy atom. The molecular formula is C13H16N2O3. The zero-order valence-corrected chi connectivity index (χ0v) is 10.3. The first kappa shape index (κ1) is 12.4. The fourth-order valence-corrected chi connectivity index (χ4v) is 2.03. The van der Waals surface area contributed by atoms with Crippen LogP contribution >= 0.6 is 0 Å². The van der Waals surface area contributed by atoms with Crippen LogP contribution in [0.25, 0.3) is 10.9 Å². The molecule has 0 radical (unpaired) electrons. The normalized spacial score (nSPS) is 13.1. The number of aromatic amines is 1. The van der Waals surface area contributed by atoms with Crippen molar-refractivity contribution in [1.29, 1.82) is 0 Å². The third-order valence-corrected chi connectivity index (χ3v) is 3.07. The van der Waals surface area contributed by atoms with Crippen molar-refractivity contribution in [2.45, 2.75) is 12.5 Å². The molecule has 1 atom stereocenters. The predicted molar refractivity (Wildman–Crippen MR) is 68.8 cm³/mol. The largest absolute Gasteiger partial charge is 0.508 e. The summed E-state index contributed by atoms with van der Waals surface area (Å²) < 4.78 is 0. The molecule has 0 saturated carbocycles. The third-order valence-electron chi connectivity index (χ3n) is 3.07. The molecule has 1 aromatic carbocycles. The summed E-state index contributed by atoms with van der Waals surface area (Å²) in [5, 5.41) is 19.5. The minimum absolute atomic E-state index is 0.181. The van der Waals surface area contributed by atoms with E-state index in [1.54, 1.807) is 43.4 Å². The predicted octanol–water partition coefficient (Wildman–Crippen LogP) is 1.43. The maximum absolute atomic E-state index is 11.2. The van der Waals surface area contributed by atoms with Gasteiger partial charge in [-0.15, -0.1) is 0 Å². The van der Waals surface area contributed by atoms with Crippen LogP contribution in [0.4, 0.5) is 0 Å². The summed E-state index contributed by atoms with van der Waals surface area (Å²) >= 11 is 0. The van der Waals surface area contributed by atoms with Gasteiger partial charge in [0.1, 0.15) is 11.8 Å². The van der Waals surface area contributed by atoms with Crippen LogP contribution in [-0.2, 0) is 11.2 Å². The summed E-state index contributed by atoms with van der Waals surface area (Å²) in [4.78, 5) is 15.9. The number of carboxylic acid groups (broad SMARTS) is 1. The van der Waals surface area contributed by atoms with Gasteiger partial charge in [-0.1, -0.05) is 0 Å². The Bertz CT molecular complexity index is 575. The smallest absolute Gasteiger partial charge is 0.321 e. The zero-order chi connectivity index (χ0) is 13.3. The Hall–Kier alpha value is -2.01. The fraction of sp³-hybridized carbons (Fsp3) is 0.308. The summed E-state index contributed by atoms with van der Waals surface area (Å²) in [5.41, 5.74) is 1.78. The van der Waals surface area contributed by atoms with Gasteiger partial charge in [-0.25, -0.2) is 0 Å². The highest BCUT2D eigenvalue weighted by molar-refractivity contribution is 5.85.